The van der Waals surface area contributed by atoms with Crippen LogP contribution in [0, 0.1) is 5.41 Å². The highest BCUT2D eigenvalue weighted by atomic mass is 16.5. The van der Waals surface area contributed by atoms with Crippen LogP contribution in [0.5, 0.6) is 11.5 Å². The van der Waals surface area contributed by atoms with Gasteiger partial charge < -0.3 is 15.2 Å². The minimum Gasteiger partial charge on any atom is -0.496 e. The van der Waals surface area contributed by atoms with E-state index in [4.69, 9.17) is 15.2 Å². The van der Waals surface area contributed by atoms with Crippen LogP contribution in [0.3, 0.4) is 0 Å². The predicted molar refractivity (Wildman–Crippen MR) is 73.0 cm³/mol. The fraction of sp³-hybridized carbons (Fsp3) is 0.600. The van der Waals surface area contributed by atoms with Gasteiger partial charge in [0.2, 0.25) is 0 Å². The summed E-state index contributed by atoms with van der Waals surface area (Å²) in [7, 11) is 3.36. The Morgan fingerprint density at radius 2 is 1.61 bits per heavy atom. The summed E-state index contributed by atoms with van der Waals surface area (Å²) in [6, 6.07) is 5.85. The monoisotopic (exact) mass is 249 g/mol. The molecule has 1 fully saturated rings. The maximum atomic E-state index is 6.65. The topological polar surface area (TPSA) is 44.5 Å². The molecule has 1 aromatic rings. The van der Waals surface area contributed by atoms with Crippen LogP contribution in [0.25, 0.3) is 0 Å². The first-order chi connectivity index (χ1) is 8.42. The largest absolute Gasteiger partial charge is 0.496 e. The predicted octanol–water partition coefficient (Wildman–Crippen LogP) is 3.07. The summed E-state index contributed by atoms with van der Waals surface area (Å²) in [5.74, 6) is 1.66. The lowest BCUT2D eigenvalue weighted by molar-refractivity contribution is 0.314. The zero-order valence-electron chi connectivity index (χ0n) is 11.7. The van der Waals surface area contributed by atoms with Gasteiger partial charge in [0.1, 0.15) is 11.5 Å². The van der Waals surface area contributed by atoms with Crippen molar-refractivity contribution in [3.63, 3.8) is 0 Å². The van der Waals surface area contributed by atoms with E-state index in [1.165, 1.54) is 0 Å². The van der Waals surface area contributed by atoms with E-state index in [1.807, 2.05) is 18.2 Å². The van der Waals surface area contributed by atoms with Gasteiger partial charge in [0, 0.05) is 5.54 Å². The van der Waals surface area contributed by atoms with Crippen LogP contribution in [0.4, 0.5) is 0 Å². The van der Waals surface area contributed by atoms with Gasteiger partial charge in [-0.1, -0.05) is 19.9 Å². The Bertz CT molecular complexity index is 420. The molecule has 0 heterocycles. The molecule has 0 aromatic heterocycles. The molecular weight excluding hydrogens is 226 g/mol. The summed E-state index contributed by atoms with van der Waals surface area (Å²) in [4.78, 5) is 0. The third-order valence-corrected chi connectivity index (χ3v) is 3.97. The number of nitrogens with two attached hydrogens (primary N) is 1. The van der Waals surface area contributed by atoms with Crippen molar-refractivity contribution in [1.29, 1.82) is 0 Å². The van der Waals surface area contributed by atoms with Crippen LogP contribution in [-0.2, 0) is 5.54 Å². The lowest BCUT2D eigenvalue weighted by Gasteiger charge is -2.30. The number of methoxy groups -OCH3 is 2. The molecule has 1 saturated carbocycles. The molecule has 1 aliphatic carbocycles. The number of rotatable bonds is 3. The molecule has 1 unspecified atom stereocenters. The van der Waals surface area contributed by atoms with Gasteiger partial charge in [0.15, 0.2) is 0 Å². The zero-order valence-corrected chi connectivity index (χ0v) is 11.7. The van der Waals surface area contributed by atoms with Gasteiger partial charge in [-0.3, -0.25) is 0 Å². The molecule has 18 heavy (non-hydrogen) atoms. The third-order valence-electron chi connectivity index (χ3n) is 3.97. The van der Waals surface area contributed by atoms with E-state index >= 15 is 0 Å². The number of hydrogen-bond donors (Lipinski definition) is 1. The highest BCUT2D eigenvalue weighted by molar-refractivity contribution is 5.50. The fourth-order valence-electron chi connectivity index (χ4n) is 3.15. The Labute approximate surface area is 109 Å². The Balaban J connectivity index is 2.50. The second-order valence-corrected chi connectivity index (χ2v) is 6.03. The summed E-state index contributed by atoms with van der Waals surface area (Å²) in [5, 5.41) is 0. The first kappa shape index (κ1) is 13.2. The molecule has 1 atom stereocenters. The van der Waals surface area contributed by atoms with E-state index in [0.717, 1.165) is 36.3 Å². The average molecular weight is 249 g/mol. The number of benzene rings is 1. The molecule has 2 N–H and O–H groups in total. The SMILES string of the molecule is COc1cccc(OC)c1C1(N)CCC(C)(C)C1. The van der Waals surface area contributed by atoms with Crippen LogP contribution in [0.2, 0.25) is 0 Å². The summed E-state index contributed by atoms with van der Waals surface area (Å²) < 4.78 is 10.9. The van der Waals surface area contributed by atoms with Crippen molar-refractivity contribution in [2.75, 3.05) is 14.2 Å². The smallest absolute Gasteiger partial charge is 0.127 e. The Hall–Kier alpha value is -1.22. The van der Waals surface area contributed by atoms with E-state index in [9.17, 15) is 0 Å². The Morgan fingerprint density at radius 1 is 1.06 bits per heavy atom. The molecule has 3 heteroatoms. The zero-order chi connectivity index (χ0) is 13.4. The van der Waals surface area contributed by atoms with Gasteiger partial charge in [-0.05, 0) is 36.8 Å². The van der Waals surface area contributed by atoms with Crippen LogP contribution in [-0.4, -0.2) is 14.2 Å². The van der Waals surface area contributed by atoms with E-state index < -0.39 is 0 Å². The van der Waals surface area contributed by atoms with E-state index in [2.05, 4.69) is 13.8 Å². The molecular formula is C15H23NO2. The molecule has 0 amide bonds. The summed E-state index contributed by atoms with van der Waals surface area (Å²) >= 11 is 0. The summed E-state index contributed by atoms with van der Waals surface area (Å²) in [6.45, 7) is 4.53. The lowest BCUT2D eigenvalue weighted by Crippen LogP contribution is -2.35. The summed E-state index contributed by atoms with van der Waals surface area (Å²) in [6.07, 6.45) is 3.05. The molecule has 100 valence electrons. The second-order valence-electron chi connectivity index (χ2n) is 6.03. The molecule has 0 aliphatic heterocycles. The van der Waals surface area contributed by atoms with Gasteiger partial charge in [0.05, 0.1) is 19.8 Å². The molecule has 0 saturated heterocycles. The van der Waals surface area contributed by atoms with Gasteiger partial charge in [0.25, 0.3) is 0 Å². The molecule has 0 spiro atoms. The van der Waals surface area contributed by atoms with Crippen molar-refractivity contribution >= 4 is 0 Å². The average Bonchev–Trinajstić information content (AvgIpc) is 2.63. The second kappa shape index (κ2) is 4.47. The summed E-state index contributed by atoms with van der Waals surface area (Å²) in [5.41, 5.74) is 7.60. The van der Waals surface area contributed by atoms with Crippen LogP contribution >= 0.6 is 0 Å². The van der Waals surface area contributed by atoms with E-state index in [0.29, 0.717) is 0 Å². The molecule has 1 aromatic carbocycles. The maximum absolute atomic E-state index is 6.65. The van der Waals surface area contributed by atoms with Gasteiger partial charge in [-0.2, -0.15) is 0 Å². The van der Waals surface area contributed by atoms with Crippen molar-refractivity contribution in [2.45, 2.75) is 38.6 Å². The normalized spacial score (nSPS) is 26.1. The van der Waals surface area contributed by atoms with Gasteiger partial charge in [-0.15, -0.1) is 0 Å². The number of ether oxygens (including phenoxy) is 2. The van der Waals surface area contributed by atoms with Crippen molar-refractivity contribution in [2.24, 2.45) is 11.1 Å². The maximum Gasteiger partial charge on any atom is 0.127 e. The van der Waals surface area contributed by atoms with Gasteiger partial charge >= 0.3 is 0 Å². The molecule has 2 rings (SSSR count). The van der Waals surface area contributed by atoms with Crippen LogP contribution in [0.1, 0.15) is 38.7 Å². The first-order valence-corrected chi connectivity index (χ1v) is 6.42. The minimum atomic E-state index is -0.346. The van der Waals surface area contributed by atoms with E-state index in [-0.39, 0.29) is 11.0 Å². The third kappa shape index (κ3) is 2.19. The standard InChI is InChI=1S/C15H23NO2/c1-14(2)8-9-15(16,10-14)13-11(17-3)6-5-7-12(13)18-4/h5-7H,8-10,16H2,1-4H3. The lowest BCUT2D eigenvalue weighted by atomic mass is 9.83. The molecule has 3 nitrogen and oxygen atoms in total. The number of hydrogen-bond acceptors (Lipinski definition) is 3. The molecule has 0 bridgehead atoms. The quantitative estimate of drug-likeness (QED) is 0.895. The Morgan fingerprint density at radius 3 is 2.00 bits per heavy atom. The van der Waals surface area contributed by atoms with Crippen LogP contribution < -0.4 is 15.2 Å². The Kier molecular flexibility index (Phi) is 3.28. The first-order valence-electron chi connectivity index (χ1n) is 6.42. The van der Waals surface area contributed by atoms with Crippen molar-refractivity contribution in [3.8, 4) is 11.5 Å². The fourth-order valence-corrected chi connectivity index (χ4v) is 3.15. The molecule has 0 radical (unpaired) electrons. The highest BCUT2D eigenvalue weighted by Gasteiger charge is 2.44. The van der Waals surface area contributed by atoms with Crippen molar-refractivity contribution in [3.05, 3.63) is 23.8 Å². The van der Waals surface area contributed by atoms with Crippen molar-refractivity contribution < 1.29 is 9.47 Å². The highest BCUT2D eigenvalue weighted by Crippen LogP contribution is 2.51. The van der Waals surface area contributed by atoms with E-state index in [1.54, 1.807) is 14.2 Å². The molecule has 1 aliphatic rings. The minimum absolute atomic E-state index is 0.278. The van der Waals surface area contributed by atoms with Crippen molar-refractivity contribution in [1.82, 2.24) is 0 Å². The van der Waals surface area contributed by atoms with Crippen LogP contribution in [0.15, 0.2) is 18.2 Å². The van der Waals surface area contributed by atoms with Gasteiger partial charge in [-0.25, -0.2) is 0 Å².